The number of carbonyl (C=O) groups excluding carboxylic acids is 1. The molecule has 0 aliphatic rings. The second kappa shape index (κ2) is 7.79. The first kappa shape index (κ1) is 19.5. The van der Waals surface area contributed by atoms with Crippen LogP contribution >= 0.6 is 27.3 Å². The van der Waals surface area contributed by atoms with E-state index in [9.17, 15) is 13.2 Å². The van der Waals surface area contributed by atoms with Crippen LogP contribution in [0.3, 0.4) is 0 Å². The van der Waals surface area contributed by atoms with Gasteiger partial charge in [-0.25, -0.2) is 13.4 Å². The van der Waals surface area contributed by atoms with Crippen molar-refractivity contribution in [2.75, 3.05) is 18.7 Å². The molecule has 0 fully saturated rings. The fourth-order valence-corrected chi connectivity index (χ4v) is 4.48. The maximum Gasteiger partial charge on any atom is 0.250 e. The van der Waals surface area contributed by atoms with Crippen LogP contribution < -0.4 is 10.1 Å². The minimum Gasteiger partial charge on any atom is -0.496 e. The highest BCUT2D eigenvalue weighted by atomic mass is 79.9. The normalized spacial score (nSPS) is 11.8. The molecule has 0 radical (unpaired) electrons. The third-order valence-electron chi connectivity index (χ3n) is 3.62. The number of anilines is 1. The molecule has 3 aromatic rings. The summed E-state index contributed by atoms with van der Waals surface area (Å²) in [5.74, 6) is 0.379. The van der Waals surface area contributed by atoms with E-state index in [0.29, 0.717) is 21.1 Å². The number of halogens is 1. The monoisotopic (exact) mass is 466 g/mol. The quantitative estimate of drug-likeness (QED) is 0.571. The number of sulfone groups is 1. The number of hydrogen-bond donors (Lipinski definition) is 1. The number of amides is 1. The van der Waals surface area contributed by atoms with Crippen LogP contribution in [0, 0.1) is 0 Å². The summed E-state index contributed by atoms with van der Waals surface area (Å²) in [6.45, 7) is 0. The topological polar surface area (TPSA) is 85.4 Å². The summed E-state index contributed by atoms with van der Waals surface area (Å²) in [4.78, 5) is 16.7. The molecule has 1 amide bonds. The maximum atomic E-state index is 12.1. The molecule has 0 aliphatic carbocycles. The Morgan fingerprint density at radius 3 is 2.70 bits per heavy atom. The van der Waals surface area contributed by atoms with E-state index in [1.54, 1.807) is 31.4 Å². The molecule has 27 heavy (non-hydrogen) atoms. The van der Waals surface area contributed by atoms with Crippen molar-refractivity contribution in [3.8, 4) is 5.75 Å². The highest BCUT2D eigenvalue weighted by molar-refractivity contribution is 9.10. The summed E-state index contributed by atoms with van der Waals surface area (Å²) < 4.78 is 29.9. The fraction of sp³-hybridized carbons (Fsp3) is 0.111. The number of carbonyl (C=O) groups is 1. The van der Waals surface area contributed by atoms with Crippen LogP contribution in [0.2, 0.25) is 0 Å². The van der Waals surface area contributed by atoms with Crippen molar-refractivity contribution < 1.29 is 17.9 Å². The van der Waals surface area contributed by atoms with E-state index in [1.165, 1.54) is 23.5 Å². The van der Waals surface area contributed by atoms with Gasteiger partial charge in [0.25, 0.3) is 0 Å². The molecule has 0 unspecified atom stereocenters. The largest absolute Gasteiger partial charge is 0.496 e. The van der Waals surface area contributed by atoms with E-state index in [2.05, 4.69) is 26.2 Å². The first-order valence-electron chi connectivity index (χ1n) is 7.69. The summed E-state index contributed by atoms with van der Waals surface area (Å²) in [6, 6.07) is 10.2. The summed E-state index contributed by atoms with van der Waals surface area (Å²) in [5, 5.41) is 3.10. The van der Waals surface area contributed by atoms with Gasteiger partial charge in [0.05, 0.1) is 26.7 Å². The van der Waals surface area contributed by atoms with Gasteiger partial charge >= 0.3 is 0 Å². The molecule has 0 saturated carbocycles. The number of nitrogens with zero attached hydrogens (tertiary/aromatic N) is 1. The van der Waals surface area contributed by atoms with E-state index in [1.807, 2.05) is 12.1 Å². The van der Waals surface area contributed by atoms with Crippen LogP contribution in [0.25, 0.3) is 16.3 Å². The van der Waals surface area contributed by atoms with Gasteiger partial charge in [-0.2, -0.15) is 0 Å². The van der Waals surface area contributed by atoms with Crippen LogP contribution in [-0.2, 0) is 14.6 Å². The van der Waals surface area contributed by atoms with Crippen molar-refractivity contribution in [1.82, 2.24) is 4.98 Å². The second-order valence-electron chi connectivity index (χ2n) is 5.64. The third kappa shape index (κ3) is 4.74. The predicted octanol–water partition coefficient (Wildman–Crippen LogP) is 4.12. The van der Waals surface area contributed by atoms with Crippen LogP contribution in [0.1, 0.15) is 5.56 Å². The Morgan fingerprint density at radius 2 is 2.04 bits per heavy atom. The van der Waals surface area contributed by atoms with Gasteiger partial charge in [-0.05, 0) is 57.9 Å². The molecular weight excluding hydrogens is 452 g/mol. The Labute approximate surface area is 168 Å². The van der Waals surface area contributed by atoms with Crippen molar-refractivity contribution in [1.29, 1.82) is 0 Å². The van der Waals surface area contributed by atoms with Gasteiger partial charge in [0.1, 0.15) is 5.75 Å². The second-order valence-corrected chi connectivity index (χ2v) is 9.54. The van der Waals surface area contributed by atoms with Crippen LogP contribution in [0.5, 0.6) is 5.75 Å². The Kier molecular flexibility index (Phi) is 5.64. The lowest BCUT2D eigenvalue weighted by Gasteiger charge is -2.03. The standard InChI is InChI=1S/C18H15BrN2O4S2/c1-25-15-7-3-11(9-13(15)19)4-8-17(22)21-18-20-14-6-5-12(27(2,23)24)10-16(14)26-18/h3-10H,1-2H3,(H,20,21,22)/b8-4+. The first-order chi connectivity index (χ1) is 12.8. The molecule has 140 valence electrons. The van der Waals surface area contributed by atoms with E-state index in [-0.39, 0.29) is 10.8 Å². The number of methoxy groups -OCH3 is 1. The molecular formula is C18H15BrN2O4S2. The lowest BCUT2D eigenvalue weighted by molar-refractivity contribution is -0.111. The minimum absolute atomic E-state index is 0.224. The van der Waals surface area contributed by atoms with Gasteiger partial charge in [0, 0.05) is 12.3 Å². The molecule has 0 atom stereocenters. The van der Waals surface area contributed by atoms with Crippen molar-refractivity contribution >= 4 is 64.4 Å². The molecule has 3 rings (SSSR count). The Morgan fingerprint density at radius 1 is 1.26 bits per heavy atom. The smallest absolute Gasteiger partial charge is 0.250 e. The molecule has 6 nitrogen and oxygen atoms in total. The summed E-state index contributed by atoms with van der Waals surface area (Å²) in [7, 11) is -1.71. The highest BCUT2D eigenvalue weighted by Gasteiger charge is 2.11. The molecule has 0 saturated heterocycles. The number of fused-ring (bicyclic) bond motifs is 1. The van der Waals surface area contributed by atoms with Crippen molar-refractivity contribution in [3.63, 3.8) is 0 Å². The number of benzene rings is 2. The van der Waals surface area contributed by atoms with E-state index < -0.39 is 9.84 Å². The maximum absolute atomic E-state index is 12.1. The zero-order valence-electron chi connectivity index (χ0n) is 14.4. The molecule has 0 spiro atoms. The van der Waals surface area contributed by atoms with Crippen LogP contribution in [0.15, 0.2) is 51.8 Å². The first-order valence-corrected chi connectivity index (χ1v) is 11.2. The van der Waals surface area contributed by atoms with Gasteiger partial charge in [-0.3, -0.25) is 10.1 Å². The predicted molar refractivity (Wildman–Crippen MR) is 111 cm³/mol. The Balaban J connectivity index is 1.74. The van der Waals surface area contributed by atoms with Crippen molar-refractivity contribution in [2.45, 2.75) is 4.90 Å². The van der Waals surface area contributed by atoms with Gasteiger partial charge in [-0.1, -0.05) is 17.4 Å². The molecule has 1 heterocycles. The molecule has 0 bridgehead atoms. The highest BCUT2D eigenvalue weighted by Crippen LogP contribution is 2.28. The van der Waals surface area contributed by atoms with E-state index >= 15 is 0 Å². The van der Waals surface area contributed by atoms with Gasteiger partial charge in [0.2, 0.25) is 5.91 Å². The average Bonchev–Trinajstić information content (AvgIpc) is 3.00. The minimum atomic E-state index is -3.29. The number of aromatic nitrogens is 1. The van der Waals surface area contributed by atoms with Crippen LogP contribution in [-0.4, -0.2) is 32.7 Å². The van der Waals surface area contributed by atoms with Crippen LogP contribution in [0.4, 0.5) is 5.13 Å². The summed E-state index contributed by atoms with van der Waals surface area (Å²) >= 11 is 4.62. The Hall–Kier alpha value is -2.23. The van der Waals surface area contributed by atoms with Gasteiger partial charge in [0.15, 0.2) is 15.0 Å². The lowest BCUT2D eigenvalue weighted by Crippen LogP contribution is -2.07. The van der Waals surface area contributed by atoms with E-state index in [0.717, 1.165) is 16.3 Å². The zero-order valence-corrected chi connectivity index (χ0v) is 17.6. The number of ether oxygens (including phenoxy) is 1. The van der Waals surface area contributed by atoms with Gasteiger partial charge < -0.3 is 4.74 Å². The lowest BCUT2D eigenvalue weighted by atomic mass is 10.2. The average molecular weight is 467 g/mol. The SMILES string of the molecule is COc1ccc(/C=C/C(=O)Nc2nc3ccc(S(C)(=O)=O)cc3s2)cc1Br. The molecule has 0 aliphatic heterocycles. The number of thiazole rings is 1. The summed E-state index contributed by atoms with van der Waals surface area (Å²) in [6.07, 6.45) is 4.23. The van der Waals surface area contributed by atoms with Crippen molar-refractivity contribution in [2.24, 2.45) is 0 Å². The third-order valence-corrected chi connectivity index (χ3v) is 6.28. The number of nitrogens with one attached hydrogen (secondary N) is 1. The van der Waals surface area contributed by atoms with Crippen molar-refractivity contribution in [3.05, 3.63) is 52.5 Å². The number of hydrogen-bond acceptors (Lipinski definition) is 6. The zero-order chi connectivity index (χ0) is 19.6. The summed E-state index contributed by atoms with van der Waals surface area (Å²) in [5.41, 5.74) is 1.46. The van der Waals surface area contributed by atoms with Gasteiger partial charge in [-0.15, -0.1) is 0 Å². The molecule has 2 aromatic carbocycles. The Bertz CT molecular complexity index is 1150. The molecule has 9 heteroatoms. The molecule has 1 aromatic heterocycles. The fourth-order valence-electron chi connectivity index (χ4n) is 2.29. The van der Waals surface area contributed by atoms with E-state index in [4.69, 9.17) is 4.74 Å². The molecule has 1 N–H and O–H groups in total. The number of rotatable bonds is 5.